The minimum Gasteiger partial charge on any atom is -0.494 e. The number of likely N-dealkylation sites (N-methyl/N-ethyl adjacent to an activating group) is 1. The molecule has 0 radical (unpaired) electrons. The molecule has 3 aromatic rings. The summed E-state index contributed by atoms with van der Waals surface area (Å²) in [6.07, 6.45) is 1.71. The van der Waals surface area contributed by atoms with E-state index in [0.29, 0.717) is 24.0 Å². The van der Waals surface area contributed by atoms with Gasteiger partial charge in [0.25, 0.3) is 5.91 Å². The molecule has 2 heterocycles. The van der Waals surface area contributed by atoms with Crippen LogP contribution in [-0.4, -0.2) is 59.4 Å². The lowest BCUT2D eigenvalue weighted by Gasteiger charge is -2.22. The largest absolute Gasteiger partial charge is 0.494 e. The highest BCUT2D eigenvalue weighted by Crippen LogP contribution is 2.32. The number of hydrogen-bond donors (Lipinski definition) is 0. The van der Waals surface area contributed by atoms with Gasteiger partial charge in [-0.1, -0.05) is 11.3 Å². The Labute approximate surface area is 175 Å². The Balaban J connectivity index is 0.00000280. The number of aromatic nitrogens is 3. The molecule has 7 nitrogen and oxygen atoms in total. The van der Waals surface area contributed by atoms with E-state index < -0.39 is 0 Å². The highest BCUT2D eigenvalue weighted by atomic mass is 35.5. The van der Waals surface area contributed by atoms with E-state index >= 15 is 0 Å². The predicted molar refractivity (Wildman–Crippen MR) is 116 cm³/mol. The normalized spacial score (nSPS) is 10.9. The van der Waals surface area contributed by atoms with Gasteiger partial charge in [0, 0.05) is 20.1 Å². The average molecular weight is 424 g/mol. The summed E-state index contributed by atoms with van der Waals surface area (Å²) in [5.74, 6) is 0.729. The molecular weight excluding hydrogens is 398 g/mol. The number of fused-ring (bicyclic) bond motifs is 1. The van der Waals surface area contributed by atoms with Crippen molar-refractivity contribution >= 4 is 45.0 Å². The molecule has 0 aliphatic heterocycles. The summed E-state index contributed by atoms with van der Waals surface area (Å²) < 4.78 is 8.21. The van der Waals surface area contributed by atoms with E-state index in [2.05, 4.69) is 10.00 Å². The number of thiazole rings is 1. The number of hydrogen-bond acceptors (Lipinski definition) is 6. The maximum atomic E-state index is 13.3. The van der Waals surface area contributed by atoms with Gasteiger partial charge >= 0.3 is 0 Å². The van der Waals surface area contributed by atoms with Crippen molar-refractivity contribution in [2.24, 2.45) is 7.05 Å². The fourth-order valence-corrected chi connectivity index (χ4v) is 3.85. The van der Waals surface area contributed by atoms with E-state index in [-0.39, 0.29) is 18.3 Å². The van der Waals surface area contributed by atoms with E-state index in [0.717, 1.165) is 28.1 Å². The maximum absolute atomic E-state index is 13.3. The van der Waals surface area contributed by atoms with Gasteiger partial charge in [-0.25, -0.2) is 4.98 Å². The van der Waals surface area contributed by atoms with Crippen molar-refractivity contribution in [3.63, 3.8) is 0 Å². The van der Waals surface area contributed by atoms with E-state index in [1.165, 1.54) is 11.3 Å². The number of aryl methyl sites for hydroxylation is 2. The summed E-state index contributed by atoms with van der Waals surface area (Å²) in [5.41, 5.74) is 2.31. The zero-order valence-corrected chi connectivity index (χ0v) is 18.4. The van der Waals surface area contributed by atoms with E-state index in [1.54, 1.807) is 22.8 Å². The van der Waals surface area contributed by atoms with Gasteiger partial charge in [-0.15, -0.1) is 12.4 Å². The van der Waals surface area contributed by atoms with Gasteiger partial charge in [0.1, 0.15) is 11.4 Å². The van der Waals surface area contributed by atoms with Crippen molar-refractivity contribution < 1.29 is 9.53 Å². The number of benzene rings is 1. The van der Waals surface area contributed by atoms with Crippen LogP contribution in [0.3, 0.4) is 0 Å². The molecule has 0 N–H and O–H groups in total. The molecule has 9 heteroatoms. The Bertz CT molecular complexity index is 934. The summed E-state index contributed by atoms with van der Waals surface area (Å²) in [5, 5.41) is 4.89. The Hall–Kier alpha value is -2.16. The Kier molecular flexibility index (Phi) is 7.40. The minimum absolute atomic E-state index is 0. The quantitative estimate of drug-likeness (QED) is 0.583. The summed E-state index contributed by atoms with van der Waals surface area (Å²) in [4.78, 5) is 21.8. The van der Waals surface area contributed by atoms with E-state index in [9.17, 15) is 4.79 Å². The monoisotopic (exact) mass is 423 g/mol. The van der Waals surface area contributed by atoms with Gasteiger partial charge in [0.05, 0.1) is 23.0 Å². The molecular formula is C19H26ClN5O2S. The number of nitrogens with zero attached hydrogens (tertiary/aromatic N) is 5. The van der Waals surface area contributed by atoms with E-state index in [1.807, 2.05) is 46.1 Å². The van der Waals surface area contributed by atoms with Gasteiger partial charge in [0.2, 0.25) is 0 Å². The van der Waals surface area contributed by atoms with Gasteiger partial charge in [-0.2, -0.15) is 5.10 Å². The number of anilines is 1. The van der Waals surface area contributed by atoms with Crippen LogP contribution in [0.5, 0.6) is 5.75 Å². The summed E-state index contributed by atoms with van der Waals surface area (Å²) >= 11 is 1.50. The van der Waals surface area contributed by atoms with Crippen LogP contribution in [0.1, 0.15) is 23.0 Å². The smallest absolute Gasteiger partial charge is 0.278 e. The number of ether oxygens (including phenoxy) is 1. The molecule has 3 rings (SSSR count). The molecule has 0 saturated heterocycles. The molecule has 0 aliphatic rings. The fourth-order valence-electron chi connectivity index (χ4n) is 2.83. The molecule has 0 bridgehead atoms. The number of halogens is 1. The van der Waals surface area contributed by atoms with Crippen LogP contribution < -0.4 is 9.64 Å². The molecule has 0 fully saturated rings. The topological polar surface area (TPSA) is 63.5 Å². The molecule has 1 aromatic carbocycles. The second-order valence-corrected chi connectivity index (χ2v) is 7.63. The van der Waals surface area contributed by atoms with Gasteiger partial charge in [-0.05, 0) is 51.7 Å². The van der Waals surface area contributed by atoms with Crippen LogP contribution in [0.15, 0.2) is 24.4 Å². The Morgan fingerprint density at radius 2 is 2.04 bits per heavy atom. The maximum Gasteiger partial charge on any atom is 0.278 e. The third-order valence-corrected chi connectivity index (χ3v) is 5.27. The number of carbonyl (C=O) groups is 1. The molecule has 0 spiro atoms. The molecule has 0 unspecified atom stereocenters. The van der Waals surface area contributed by atoms with Gasteiger partial charge < -0.3 is 9.64 Å². The molecule has 152 valence electrons. The van der Waals surface area contributed by atoms with Crippen LogP contribution in [0.4, 0.5) is 5.13 Å². The standard InChI is InChI=1S/C19H25N5O2S.ClH/c1-6-26-14-7-8-15-16(11-14)27-19(21-15)24(10-9-22(3)4)18(25)17-13(2)12-20-23(17)5;/h7-8,11-12H,6,9-10H2,1-5H3;1H. The second-order valence-electron chi connectivity index (χ2n) is 6.62. The minimum atomic E-state index is -0.0848. The number of carbonyl (C=O) groups excluding carboxylic acids is 1. The summed E-state index contributed by atoms with van der Waals surface area (Å²) in [6, 6.07) is 5.82. The number of rotatable bonds is 7. The Morgan fingerprint density at radius 3 is 2.64 bits per heavy atom. The summed E-state index contributed by atoms with van der Waals surface area (Å²) in [7, 11) is 5.77. The third kappa shape index (κ3) is 4.63. The van der Waals surface area contributed by atoms with Crippen molar-refractivity contribution in [2.75, 3.05) is 38.7 Å². The molecule has 1 amide bonds. The van der Waals surface area contributed by atoms with Gasteiger partial charge in [0.15, 0.2) is 5.13 Å². The van der Waals surface area contributed by atoms with Crippen LogP contribution in [-0.2, 0) is 7.05 Å². The first-order valence-electron chi connectivity index (χ1n) is 8.89. The highest BCUT2D eigenvalue weighted by molar-refractivity contribution is 7.22. The van der Waals surface area contributed by atoms with Crippen molar-refractivity contribution in [2.45, 2.75) is 13.8 Å². The first-order valence-corrected chi connectivity index (χ1v) is 9.71. The molecule has 0 saturated carbocycles. The predicted octanol–water partition coefficient (Wildman–Crippen LogP) is 3.37. The zero-order valence-electron chi connectivity index (χ0n) is 16.8. The molecule has 28 heavy (non-hydrogen) atoms. The summed E-state index contributed by atoms with van der Waals surface area (Å²) in [6.45, 7) is 5.76. The molecule has 2 aromatic heterocycles. The van der Waals surface area contributed by atoms with Crippen LogP contribution in [0, 0.1) is 6.92 Å². The lowest BCUT2D eigenvalue weighted by Crippen LogP contribution is -2.38. The fraction of sp³-hybridized carbons (Fsp3) is 0.421. The van der Waals surface area contributed by atoms with Crippen molar-refractivity contribution in [3.05, 3.63) is 35.7 Å². The zero-order chi connectivity index (χ0) is 19.6. The second kappa shape index (κ2) is 9.36. The number of amides is 1. The van der Waals surface area contributed by atoms with Gasteiger partial charge in [-0.3, -0.25) is 14.4 Å². The van der Waals surface area contributed by atoms with Crippen molar-refractivity contribution in [1.82, 2.24) is 19.7 Å². The lowest BCUT2D eigenvalue weighted by molar-refractivity contribution is 0.0975. The first kappa shape index (κ1) is 22.1. The van der Waals surface area contributed by atoms with E-state index in [4.69, 9.17) is 9.72 Å². The SMILES string of the molecule is CCOc1ccc2nc(N(CCN(C)C)C(=O)c3c(C)cnn3C)sc2c1.Cl. The first-order chi connectivity index (χ1) is 12.9. The molecule has 0 atom stereocenters. The Morgan fingerprint density at radius 1 is 1.29 bits per heavy atom. The van der Waals surface area contributed by atoms with Crippen LogP contribution in [0.2, 0.25) is 0 Å². The highest BCUT2D eigenvalue weighted by Gasteiger charge is 2.25. The average Bonchev–Trinajstić information content (AvgIpc) is 3.17. The third-order valence-electron chi connectivity index (χ3n) is 4.23. The van der Waals surface area contributed by atoms with Crippen LogP contribution >= 0.6 is 23.7 Å². The van der Waals surface area contributed by atoms with Crippen molar-refractivity contribution in [3.8, 4) is 5.75 Å². The lowest BCUT2D eigenvalue weighted by atomic mass is 10.2. The molecule has 0 aliphatic carbocycles. The van der Waals surface area contributed by atoms with Crippen molar-refractivity contribution in [1.29, 1.82) is 0 Å². The van der Waals surface area contributed by atoms with Crippen LogP contribution in [0.25, 0.3) is 10.2 Å².